The molecule has 0 radical (unpaired) electrons. The lowest BCUT2D eigenvalue weighted by atomic mass is 10.0. The number of carbonyl (C=O) groups is 2. The zero-order valence-electron chi connectivity index (χ0n) is 10.5. The average Bonchev–Trinajstić information content (AvgIpc) is 2.23. The van der Waals surface area contributed by atoms with Gasteiger partial charge in [-0.1, -0.05) is 20.3 Å². The van der Waals surface area contributed by atoms with Gasteiger partial charge in [0.2, 0.25) is 5.91 Å². The van der Waals surface area contributed by atoms with Gasteiger partial charge in [-0.25, -0.2) is 13.2 Å². The number of amides is 1. The monoisotopic (exact) mass is 277 g/mol. The molecular weight excluding hydrogens is 258 g/mol. The minimum absolute atomic E-state index is 0.00447. The van der Waals surface area contributed by atoms with Gasteiger partial charge in [0.1, 0.15) is 11.3 Å². The lowest BCUT2D eigenvalue weighted by molar-refractivity contribution is -0.143. The van der Waals surface area contributed by atoms with Crippen molar-refractivity contribution in [2.45, 2.75) is 44.4 Å². The maximum atomic E-state index is 11.9. The largest absolute Gasteiger partial charge is 0.480 e. The third-order valence-corrected chi connectivity index (χ3v) is 5.28. The summed E-state index contributed by atoms with van der Waals surface area (Å²) in [5.74, 6) is -2.12. The van der Waals surface area contributed by atoms with Gasteiger partial charge in [0, 0.05) is 0 Å². The highest BCUT2D eigenvalue weighted by atomic mass is 32.2. The van der Waals surface area contributed by atoms with E-state index in [0.717, 1.165) is 0 Å². The zero-order valence-corrected chi connectivity index (χ0v) is 11.4. The minimum atomic E-state index is -3.42. The van der Waals surface area contributed by atoms with E-state index in [4.69, 9.17) is 5.11 Å². The van der Waals surface area contributed by atoms with Crippen LogP contribution in [0.15, 0.2) is 0 Å². The van der Waals surface area contributed by atoms with Gasteiger partial charge < -0.3 is 10.4 Å². The van der Waals surface area contributed by atoms with E-state index >= 15 is 0 Å². The smallest absolute Gasteiger partial charge is 0.326 e. The second-order valence-corrected chi connectivity index (χ2v) is 7.22. The van der Waals surface area contributed by atoms with E-state index in [1.807, 2.05) is 0 Å². The first-order chi connectivity index (χ1) is 8.25. The summed E-state index contributed by atoms with van der Waals surface area (Å²) >= 11 is 0. The molecule has 0 aromatic carbocycles. The Bertz CT molecular complexity index is 429. The minimum Gasteiger partial charge on any atom is -0.480 e. The molecule has 1 heterocycles. The van der Waals surface area contributed by atoms with Crippen molar-refractivity contribution < 1.29 is 23.1 Å². The third-order valence-electron chi connectivity index (χ3n) is 3.10. The van der Waals surface area contributed by atoms with Crippen molar-refractivity contribution in [2.24, 2.45) is 5.92 Å². The van der Waals surface area contributed by atoms with Crippen molar-refractivity contribution in [3.05, 3.63) is 0 Å². The fourth-order valence-electron chi connectivity index (χ4n) is 2.01. The van der Waals surface area contributed by atoms with Crippen LogP contribution >= 0.6 is 0 Å². The van der Waals surface area contributed by atoms with Crippen molar-refractivity contribution in [3.8, 4) is 0 Å². The van der Waals surface area contributed by atoms with Crippen molar-refractivity contribution >= 4 is 21.7 Å². The summed E-state index contributed by atoms with van der Waals surface area (Å²) in [6.07, 6.45) is 1.52. The molecule has 1 rings (SSSR count). The number of sulfone groups is 1. The highest BCUT2D eigenvalue weighted by molar-refractivity contribution is 7.92. The quantitative estimate of drug-likeness (QED) is 0.763. The van der Waals surface area contributed by atoms with Gasteiger partial charge in [-0.2, -0.15) is 0 Å². The average molecular weight is 277 g/mol. The molecule has 18 heavy (non-hydrogen) atoms. The number of carboxylic acids is 1. The van der Waals surface area contributed by atoms with Gasteiger partial charge in [-0.15, -0.1) is 0 Å². The summed E-state index contributed by atoms with van der Waals surface area (Å²) < 4.78 is 23.5. The Kier molecular flexibility index (Phi) is 4.72. The molecule has 1 unspecified atom stereocenters. The fourth-order valence-corrected chi connectivity index (χ4v) is 3.82. The summed E-state index contributed by atoms with van der Waals surface area (Å²) in [5, 5.41) is 10.2. The third kappa shape index (κ3) is 3.44. The summed E-state index contributed by atoms with van der Waals surface area (Å²) in [7, 11) is -3.42. The van der Waals surface area contributed by atoms with E-state index in [-0.39, 0.29) is 18.1 Å². The van der Waals surface area contributed by atoms with E-state index in [2.05, 4.69) is 5.32 Å². The Morgan fingerprint density at radius 3 is 2.33 bits per heavy atom. The van der Waals surface area contributed by atoms with Crippen molar-refractivity contribution in [3.63, 3.8) is 0 Å². The normalized spacial score (nSPS) is 24.5. The summed E-state index contributed by atoms with van der Waals surface area (Å²) in [4.78, 5) is 22.8. The molecule has 0 aromatic heterocycles. The van der Waals surface area contributed by atoms with Crippen LogP contribution in [0.25, 0.3) is 0 Å². The predicted molar refractivity (Wildman–Crippen MR) is 65.8 cm³/mol. The first-order valence-corrected chi connectivity index (χ1v) is 7.72. The van der Waals surface area contributed by atoms with Gasteiger partial charge in [0.25, 0.3) is 0 Å². The highest BCUT2D eigenvalue weighted by Gasteiger charge is 2.37. The maximum Gasteiger partial charge on any atom is 0.326 e. The number of carbonyl (C=O) groups excluding carboxylic acids is 1. The standard InChI is InChI=1S/C11H19NO5S/c1-7(2)9(11(14)15)12-10(13)8-5-3-4-6-18(8,16)17/h7-9H,3-6H2,1-2H3,(H,12,13)(H,14,15)/t8?,9-/m0/s1. The van der Waals surface area contributed by atoms with Crippen LogP contribution in [0.1, 0.15) is 33.1 Å². The summed E-state index contributed by atoms with van der Waals surface area (Å²) in [5.41, 5.74) is 0. The van der Waals surface area contributed by atoms with Gasteiger partial charge in [0.15, 0.2) is 9.84 Å². The fraction of sp³-hybridized carbons (Fsp3) is 0.818. The number of nitrogens with one attached hydrogen (secondary N) is 1. The van der Waals surface area contributed by atoms with Gasteiger partial charge in [0.05, 0.1) is 5.75 Å². The Hall–Kier alpha value is -1.11. The van der Waals surface area contributed by atoms with Gasteiger partial charge >= 0.3 is 5.97 Å². The lowest BCUT2D eigenvalue weighted by Gasteiger charge is -2.24. The molecule has 6 nitrogen and oxygen atoms in total. The molecule has 1 fully saturated rings. The summed E-state index contributed by atoms with van der Waals surface area (Å²) in [6, 6.07) is -1.05. The molecule has 1 aliphatic heterocycles. The number of hydrogen-bond donors (Lipinski definition) is 2. The molecule has 0 aromatic rings. The first kappa shape index (κ1) is 14.9. The summed E-state index contributed by atoms with van der Waals surface area (Å²) in [6.45, 7) is 3.32. The molecule has 0 spiro atoms. The van der Waals surface area contributed by atoms with Crippen LogP contribution < -0.4 is 5.32 Å². The molecule has 0 aliphatic carbocycles. The van der Waals surface area contributed by atoms with Crippen LogP contribution in [0.3, 0.4) is 0 Å². The molecule has 1 saturated heterocycles. The molecule has 0 saturated carbocycles. The van der Waals surface area contributed by atoms with Crippen LogP contribution in [-0.4, -0.2) is 42.4 Å². The van der Waals surface area contributed by atoms with Crippen molar-refractivity contribution in [1.82, 2.24) is 5.32 Å². The van der Waals surface area contributed by atoms with Crippen LogP contribution in [0, 0.1) is 5.92 Å². The molecule has 1 amide bonds. The van der Waals surface area contributed by atoms with Gasteiger partial charge in [-0.3, -0.25) is 4.79 Å². The van der Waals surface area contributed by atoms with Gasteiger partial charge in [-0.05, 0) is 18.8 Å². The molecule has 0 bridgehead atoms. The number of hydrogen-bond acceptors (Lipinski definition) is 4. The zero-order chi connectivity index (χ0) is 13.9. The van der Waals surface area contributed by atoms with E-state index in [0.29, 0.717) is 12.8 Å². The predicted octanol–water partition coefficient (Wildman–Crippen LogP) is 0.179. The SMILES string of the molecule is CC(C)[C@H](NC(=O)C1CCCCS1(=O)=O)C(=O)O. The Labute approximate surface area is 107 Å². The molecule has 104 valence electrons. The Morgan fingerprint density at radius 1 is 1.28 bits per heavy atom. The lowest BCUT2D eigenvalue weighted by Crippen LogP contribution is -2.51. The van der Waals surface area contributed by atoms with Crippen LogP contribution in [0.5, 0.6) is 0 Å². The van der Waals surface area contributed by atoms with E-state index in [9.17, 15) is 18.0 Å². The maximum absolute atomic E-state index is 11.9. The molecule has 7 heteroatoms. The van der Waals surface area contributed by atoms with Crippen molar-refractivity contribution in [1.29, 1.82) is 0 Å². The molecule has 2 N–H and O–H groups in total. The first-order valence-electron chi connectivity index (χ1n) is 6.00. The molecule has 1 aliphatic rings. The van der Waals surface area contributed by atoms with Crippen LogP contribution in [-0.2, 0) is 19.4 Å². The van der Waals surface area contributed by atoms with E-state index in [1.165, 1.54) is 0 Å². The Balaban J connectivity index is 2.78. The second kappa shape index (κ2) is 5.69. The van der Waals surface area contributed by atoms with Crippen LogP contribution in [0.2, 0.25) is 0 Å². The molecule has 2 atom stereocenters. The van der Waals surface area contributed by atoms with Crippen LogP contribution in [0.4, 0.5) is 0 Å². The Morgan fingerprint density at radius 2 is 1.89 bits per heavy atom. The van der Waals surface area contributed by atoms with Crippen molar-refractivity contribution in [2.75, 3.05) is 5.75 Å². The number of aliphatic carboxylic acids is 1. The van der Waals surface area contributed by atoms with E-state index < -0.39 is 33.0 Å². The highest BCUT2D eigenvalue weighted by Crippen LogP contribution is 2.20. The second-order valence-electron chi connectivity index (χ2n) is 4.92. The number of carboxylic acid groups (broad SMARTS) is 1. The van der Waals surface area contributed by atoms with E-state index in [1.54, 1.807) is 13.8 Å². The number of rotatable bonds is 4. The molecular formula is C11H19NO5S. The topological polar surface area (TPSA) is 101 Å².